The summed E-state index contributed by atoms with van der Waals surface area (Å²) < 4.78 is 18.6. The van der Waals surface area contributed by atoms with Gasteiger partial charge in [0.15, 0.2) is 0 Å². The smallest absolute Gasteiger partial charge is 0.234 e. The van der Waals surface area contributed by atoms with Gasteiger partial charge in [0.05, 0.1) is 13.2 Å². The normalized spacial score (nSPS) is 10.7. The van der Waals surface area contributed by atoms with Gasteiger partial charge in [-0.1, -0.05) is 13.8 Å². The molecule has 0 aliphatic carbocycles. The van der Waals surface area contributed by atoms with Crippen molar-refractivity contribution >= 4 is 5.91 Å². The highest BCUT2D eigenvalue weighted by molar-refractivity contribution is 5.78. The predicted octanol–water partition coefficient (Wildman–Crippen LogP) is 2.14. The van der Waals surface area contributed by atoms with Crippen molar-refractivity contribution in [1.29, 1.82) is 5.26 Å². The molecule has 0 spiro atoms. The zero-order chi connectivity index (χ0) is 14.5. The summed E-state index contributed by atoms with van der Waals surface area (Å²) >= 11 is 0. The van der Waals surface area contributed by atoms with E-state index >= 15 is 0 Å². The van der Waals surface area contributed by atoms with Crippen molar-refractivity contribution in [3.05, 3.63) is 29.6 Å². The molecule has 102 valence electrons. The Bertz CT molecular complexity index is 507. The molecule has 5 heteroatoms. The second-order valence-electron chi connectivity index (χ2n) is 4.84. The number of nitrogens with zero attached hydrogens (tertiary/aromatic N) is 1. The average Bonchev–Trinajstić information content (AvgIpc) is 2.37. The van der Waals surface area contributed by atoms with Crippen LogP contribution in [-0.4, -0.2) is 19.6 Å². The Hall–Kier alpha value is -2.09. The highest BCUT2D eigenvalue weighted by atomic mass is 19.1. The lowest BCUT2D eigenvalue weighted by Gasteiger charge is -2.27. The molecule has 0 saturated heterocycles. The van der Waals surface area contributed by atoms with Crippen LogP contribution in [0.25, 0.3) is 0 Å². The number of benzene rings is 1. The number of carbonyl (C=O) groups excluding carboxylic acids is 1. The molecule has 1 aromatic carbocycles. The second kappa shape index (κ2) is 6.19. The van der Waals surface area contributed by atoms with Crippen LogP contribution in [0.5, 0.6) is 5.75 Å². The second-order valence-corrected chi connectivity index (χ2v) is 4.84. The number of ether oxygens (including phenoxy) is 1. The summed E-state index contributed by atoms with van der Waals surface area (Å²) in [6, 6.07) is 6.06. The number of halogens is 1. The number of hydrogen-bond donors (Lipinski definition) is 1. The van der Waals surface area contributed by atoms with Crippen LogP contribution in [0.1, 0.15) is 25.8 Å². The molecule has 1 aromatic rings. The van der Waals surface area contributed by atoms with Crippen molar-refractivity contribution in [3.8, 4) is 11.8 Å². The van der Waals surface area contributed by atoms with Crippen LogP contribution < -0.4 is 10.1 Å². The zero-order valence-electron chi connectivity index (χ0n) is 11.3. The van der Waals surface area contributed by atoms with E-state index in [9.17, 15) is 9.18 Å². The molecule has 0 aliphatic heterocycles. The largest absolute Gasteiger partial charge is 0.496 e. The van der Waals surface area contributed by atoms with Gasteiger partial charge in [0.25, 0.3) is 0 Å². The minimum absolute atomic E-state index is 0.184. The number of amides is 1. The van der Waals surface area contributed by atoms with Gasteiger partial charge in [-0.2, -0.15) is 5.26 Å². The predicted molar refractivity (Wildman–Crippen MR) is 69.2 cm³/mol. The minimum atomic E-state index is -0.501. The van der Waals surface area contributed by atoms with E-state index in [-0.39, 0.29) is 18.1 Å². The van der Waals surface area contributed by atoms with Gasteiger partial charge in [0.1, 0.15) is 18.0 Å². The van der Waals surface area contributed by atoms with Crippen LogP contribution in [0.3, 0.4) is 0 Å². The van der Waals surface area contributed by atoms with Crippen LogP contribution in [-0.2, 0) is 10.2 Å². The van der Waals surface area contributed by atoms with E-state index in [0.29, 0.717) is 17.9 Å². The number of methoxy groups -OCH3 is 1. The Morgan fingerprint density at radius 2 is 2.21 bits per heavy atom. The molecule has 0 saturated carbocycles. The summed E-state index contributed by atoms with van der Waals surface area (Å²) in [5.74, 6) is -0.126. The molecule has 1 rings (SSSR count). The maximum atomic E-state index is 13.3. The molecule has 1 amide bonds. The summed E-state index contributed by atoms with van der Waals surface area (Å²) in [7, 11) is 1.51. The Balaban J connectivity index is 2.90. The molecule has 0 fully saturated rings. The minimum Gasteiger partial charge on any atom is -0.496 e. The van der Waals surface area contributed by atoms with Gasteiger partial charge >= 0.3 is 0 Å². The Labute approximate surface area is 112 Å². The molecule has 1 N–H and O–H groups in total. The zero-order valence-corrected chi connectivity index (χ0v) is 11.3. The first-order valence-electron chi connectivity index (χ1n) is 5.88. The van der Waals surface area contributed by atoms with Gasteiger partial charge in [0.2, 0.25) is 5.91 Å². The molecule has 19 heavy (non-hydrogen) atoms. The molecule has 0 aromatic heterocycles. The molecular weight excluding hydrogens is 247 g/mol. The maximum Gasteiger partial charge on any atom is 0.234 e. The van der Waals surface area contributed by atoms with Gasteiger partial charge in [0, 0.05) is 17.5 Å². The highest BCUT2D eigenvalue weighted by Crippen LogP contribution is 2.31. The Morgan fingerprint density at radius 3 is 2.79 bits per heavy atom. The first-order valence-corrected chi connectivity index (χ1v) is 5.88. The quantitative estimate of drug-likeness (QED) is 0.886. The maximum absolute atomic E-state index is 13.3. The third-order valence-electron chi connectivity index (χ3n) is 2.86. The lowest BCUT2D eigenvalue weighted by atomic mass is 9.83. The van der Waals surface area contributed by atoms with Crippen LogP contribution in [0.2, 0.25) is 0 Å². The van der Waals surface area contributed by atoms with E-state index in [1.807, 2.05) is 13.8 Å². The summed E-state index contributed by atoms with van der Waals surface area (Å²) in [6.07, 6.45) is -0.184. The highest BCUT2D eigenvalue weighted by Gasteiger charge is 2.25. The third-order valence-corrected chi connectivity index (χ3v) is 2.86. The molecule has 0 heterocycles. The van der Waals surface area contributed by atoms with Crippen molar-refractivity contribution in [2.45, 2.75) is 25.7 Å². The number of rotatable bonds is 5. The molecule has 0 radical (unpaired) electrons. The van der Waals surface area contributed by atoms with Crippen LogP contribution >= 0.6 is 0 Å². The number of carbonyl (C=O) groups is 1. The average molecular weight is 264 g/mol. The van der Waals surface area contributed by atoms with Crippen molar-refractivity contribution in [3.63, 3.8) is 0 Å². The van der Waals surface area contributed by atoms with E-state index in [2.05, 4.69) is 5.32 Å². The monoisotopic (exact) mass is 264 g/mol. The summed E-state index contributed by atoms with van der Waals surface area (Å²) in [4.78, 5) is 11.3. The van der Waals surface area contributed by atoms with Crippen LogP contribution in [0, 0.1) is 17.1 Å². The lowest BCUT2D eigenvalue weighted by molar-refractivity contribution is -0.120. The molecular formula is C14H17FN2O2. The van der Waals surface area contributed by atoms with Gasteiger partial charge < -0.3 is 10.1 Å². The van der Waals surface area contributed by atoms with Crippen molar-refractivity contribution < 1.29 is 13.9 Å². The van der Waals surface area contributed by atoms with Gasteiger partial charge in [-0.15, -0.1) is 0 Å². The Morgan fingerprint density at radius 1 is 1.53 bits per heavy atom. The topological polar surface area (TPSA) is 62.1 Å². The van der Waals surface area contributed by atoms with E-state index in [1.165, 1.54) is 19.2 Å². The third kappa shape index (κ3) is 3.95. The number of nitriles is 1. The SMILES string of the molecule is COc1ccc(F)cc1C(C)(C)CNC(=O)CC#N. The number of hydrogen-bond acceptors (Lipinski definition) is 3. The van der Waals surface area contributed by atoms with Crippen LogP contribution in [0.4, 0.5) is 4.39 Å². The van der Waals surface area contributed by atoms with Crippen molar-refractivity contribution in [2.24, 2.45) is 0 Å². The van der Waals surface area contributed by atoms with Crippen molar-refractivity contribution in [2.75, 3.05) is 13.7 Å². The lowest BCUT2D eigenvalue weighted by Crippen LogP contribution is -2.36. The van der Waals surface area contributed by atoms with E-state index in [0.717, 1.165) is 0 Å². The Kier molecular flexibility index (Phi) is 4.87. The fourth-order valence-corrected chi connectivity index (χ4v) is 1.76. The van der Waals surface area contributed by atoms with E-state index in [1.54, 1.807) is 12.1 Å². The molecule has 4 nitrogen and oxygen atoms in total. The molecule has 0 bridgehead atoms. The molecule has 0 unspecified atom stereocenters. The summed E-state index contributed by atoms with van der Waals surface area (Å²) in [6.45, 7) is 4.04. The summed E-state index contributed by atoms with van der Waals surface area (Å²) in [5, 5.41) is 11.1. The molecule has 0 atom stereocenters. The fraction of sp³-hybridized carbons (Fsp3) is 0.429. The van der Waals surface area contributed by atoms with Crippen LogP contribution in [0.15, 0.2) is 18.2 Å². The first kappa shape index (κ1) is 15.0. The van der Waals surface area contributed by atoms with Gasteiger partial charge in [-0.05, 0) is 18.2 Å². The first-order chi connectivity index (χ1) is 8.90. The summed E-state index contributed by atoms with van der Waals surface area (Å²) in [5.41, 5.74) is 0.172. The fourth-order valence-electron chi connectivity index (χ4n) is 1.76. The van der Waals surface area contributed by atoms with Gasteiger partial charge in [-0.3, -0.25) is 4.79 Å². The van der Waals surface area contributed by atoms with Gasteiger partial charge in [-0.25, -0.2) is 4.39 Å². The molecule has 0 aliphatic rings. The number of nitrogens with one attached hydrogen (secondary N) is 1. The van der Waals surface area contributed by atoms with Crippen molar-refractivity contribution in [1.82, 2.24) is 5.32 Å². The van der Waals surface area contributed by atoms with E-state index < -0.39 is 5.41 Å². The standard InChI is InChI=1S/C14H17FN2O2/c1-14(2,9-17-13(18)6-7-16)11-8-10(15)4-5-12(11)19-3/h4-5,8H,6,9H2,1-3H3,(H,17,18). The van der Waals surface area contributed by atoms with E-state index in [4.69, 9.17) is 10.00 Å².